The molecule has 1 unspecified atom stereocenters. The Morgan fingerprint density at radius 2 is 1.64 bits per heavy atom. The quantitative estimate of drug-likeness (QED) is 0.355. The maximum Gasteiger partial charge on any atom is 0.411 e. The van der Waals surface area contributed by atoms with Crippen LogP contribution in [0.3, 0.4) is 0 Å². The van der Waals surface area contributed by atoms with Crippen LogP contribution in [-0.4, -0.2) is 38.4 Å². The van der Waals surface area contributed by atoms with Crippen molar-refractivity contribution >= 4 is 0 Å². The van der Waals surface area contributed by atoms with Gasteiger partial charge in [0.15, 0.2) is 6.29 Å². The van der Waals surface area contributed by atoms with Gasteiger partial charge in [-0.05, 0) is 12.8 Å². The monoisotopic (exact) mass is 404 g/mol. The van der Waals surface area contributed by atoms with Crippen molar-refractivity contribution in [1.29, 1.82) is 0 Å². The van der Waals surface area contributed by atoms with Crippen molar-refractivity contribution in [3.8, 4) is 0 Å². The molecular formula is C22H35F3O3. The van der Waals surface area contributed by atoms with E-state index in [0.717, 1.165) is 12.0 Å². The fourth-order valence-corrected chi connectivity index (χ4v) is 3.59. The third-order valence-corrected chi connectivity index (χ3v) is 5.25. The second-order valence-corrected chi connectivity index (χ2v) is 7.89. The molecule has 1 fully saturated rings. The topological polar surface area (TPSA) is 27.7 Å². The molecule has 2 aliphatic rings. The van der Waals surface area contributed by atoms with E-state index >= 15 is 0 Å². The van der Waals surface area contributed by atoms with Crippen LogP contribution < -0.4 is 0 Å². The van der Waals surface area contributed by atoms with Crippen LogP contribution in [0.25, 0.3) is 0 Å². The number of unbranched alkanes of at least 4 members (excludes halogenated alkanes) is 7. The average molecular weight is 405 g/mol. The summed E-state index contributed by atoms with van der Waals surface area (Å²) in [7, 11) is 0. The first-order chi connectivity index (χ1) is 13.5. The molecule has 1 atom stereocenters. The van der Waals surface area contributed by atoms with Crippen LogP contribution in [0.1, 0.15) is 71.1 Å². The lowest BCUT2D eigenvalue weighted by molar-refractivity contribution is -0.183. The summed E-state index contributed by atoms with van der Waals surface area (Å²) in [6.07, 6.45) is 12.1. The van der Waals surface area contributed by atoms with Crippen LogP contribution in [0.4, 0.5) is 13.2 Å². The van der Waals surface area contributed by atoms with Gasteiger partial charge >= 0.3 is 6.18 Å². The summed E-state index contributed by atoms with van der Waals surface area (Å²) in [5.41, 5.74) is 0.873. The number of alkyl halides is 3. The molecule has 0 N–H and O–H groups in total. The standard InChI is InChI=1S/C22H35F3O3/c1-2-3-4-5-6-7-8-9-10-18-15-26-21(27-16-18)19-11-13-20(14-12-19)28-17-22(23,24)25/h11-13,18,20-21H,2-10,14-17H2,1H3. The molecule has 0 aromatic heterocycles. The largest absolute Gasteiger partial charge is 0.411 e. The molecule has 1 saturated heterocycles. The zero-order valence-electron chi connectivity index (χ0n) is 17.0. The molecule has 162 valence electrons. The fourth-order valence-electron chi connectivity index (χ4n) is 3.59. The van der Waals surface area contributed by atoms with Crippen LogP contribution in [0.15, 0.2) is 23.8 Å². The summed E-state index contributed by atoms with van der Waals surface area (Å²) in [4.78, 5) is 0. The van der Waals surface area contributed by atoms with Gasteiger partial charge in [-0.1, -0.05) is 76.5 Å². The van der Waals surface area contributed by atoms with Crippen LogP contribution in [0.5, 0.6) is 0 Å². The number of halogens is 3. The van der Waals surface area contributed by atoms with Crippen LogP contribution in [-0.2, 0) is 14.2 Å². The van der Waals surface area contributed by atoms with E-state index < -0.39 is 25.2 Å². The van der Waals surface area contributed by atoms with Crippen molar-refractivity contribution in [2.24, 2.45) is 5.92 Å². The van der Waals surface area contributed by atoms with E-state index in [4.69, 9.17) is 14.2 Å². The normalized spacial score (nSPS) is 25.7. The smallest absolute Gasteiger partial charge is 0.364 e. The molecule has 28 heavy (non-hydrogen) atoms. The van der Waals surface area contributed by atoms with Crippen molar-refractivity contribution in [2.75, 3.05) is 19.8 Å². The van der Waals surface area contributed by atoms with E-state index in [1.54, 1.807) is 12.2 Å². The number of hydrogen-bond acceptors (Lipinski definition) is 3. The van der Waals surface area contributed by atoms with Gasteiger partial charge in [0.05, 0.1) is 19.3 Å². The predicted octanol–water partition coefficient (Wildman–Crippen LogP) is 6.34. The molecule has 0 bridgehead atoms. The minimum atomic E-state index is -4.29. The minimum absolute atomic E-state index is 0.408. The van der Waals surface area contributed by atoms with E-state index in [9.17, 15) is 13.2 Å². The van der Waals surface area contributed by atoms with Gasteiger partial charge < -0.3 is 14.2 Å². The minimum Gasteiger partial charge on any atom is -0.364 e. The fraction of sp³-hybridized carbons (Fsp3) is 0.818. The second-order valence-electron chi connectivity index (χ2n) is 7.89. The first-order valence-electron chi connectivity index (χ1n) is 10.8. The second kappa shape index (κ2) is 12.7. The molecule has 6 heteroatoms. The zero-order chi connectivity index (χ0) is 20.2. The molecule has 1 aliphatic carbocycles. The number of ether oxygens (including phenoxy) is 3. The van der Waals surface area contributed by atoms with Gasteiger partial charge in [-0.25, -0.2) is 0 Å². The summed E-state index contributed by atoms with van der Waals surface area (Å²) < 4.78 is 53.1. The van der Waals surface area contributed by atoms with Gasteiger partial charge in [0.1, 0.15) is 6.61 Å². The van der Waals surface area contributed by atoms with Gasteiger partial charge in [0, 0.05) is 11.5 Å². The Morgan fingerprint density at radius 3 is 2.21 bits per heavy atom. The van der Waals surface area contributed by atoms with Crippen LogP contribution >= 0.6 is 0 Å². The highest BCUT2D eigenvalue weighted by atomic mass is 19.4. The summed E-state index contributed by atoms with van der Waals surface area (Å²) in [5.74, 6) is 0.437. The molecule has 0 saturated carbocycles. The van der Waals surface area contributed by atoms with E-state index in [-0.39, 0.29) is 0 Å². The molecule has 3 nitrogen and oxygen atoms in total. The molecule has 2 rings (SSSR count). The molecular weight excluding hydrogens is 369 g/mol. The van der Waals surface area contributed by atoms with E-state index in [1.165, 1.54) is 51.4 Å². The Labute approximate surface area is 167 Å². The molecule has 0 aromatic carbocycles. The SMILES string of the molecule is CCCCCCCCCCC1COC(C2=CCC(OCC(F)(F)F)C=C2)OC1. The van der Waals surface area contributed by atoms with Crippen molar-refractivity contribution in [3.63, 3.8) is 0 Å². The van der Waals surface area contributed by atoms with Crippen molar-refractivity contribution in [3.05, 3.63) is 23.8 Å². The third kappa shape index (κ3) is 9.57. The van der Waals surface area contributed by atoms with Crippen LogP contribution in [0.2, 0.25) is 0 Å². The highest BCUT2D eigenvalue weighted by Gasteiger charge is 2.30. The summed E-state index contributed by atoms with van der Waals surface area (Å²) >= 11 is 0. The van der Waals surface area contributed by atoms with Crippen molar-refractivity contribution in [2.45, 2.75) is 89.7 Å². The lowest BCUT2D eigenvalue weighted by Crippen LogP contribution is -2.33. The molecule has 0 amide bonds. The third-order valence-electron chi connectivity index (χ3n) is 5.25. The van der Waals surface area contributed by atoms with Crippen molar-refractivity contribution in [1.82, 2.24) is 0 Å². The van der Waals surface area contributed by atoms with Gasteiger partial charge in [-0.15, -0.1) is 0 Å². The average Bonchev–Trinajstić information content (AvgIpc) is 2.69. The summed E-state index contributed by atoms with van der Waals surface area (Å²) in [5, 5.41) is 0. The molecule has 0 spiro atoms. The van der Waals surface area contributed by atoms with Gasteiger partial charge in [0.2, 0.25) is 0 Å². The highest BCUT2D eigenvalue weighted by Crippen LogP contribution is 2.26. The Balaban J connectivity index is 1.54. The van der Waals surface area contributed by atoms with Crippen LogP contribution in [0, 0.1) is 5.92 Å². The first-order valence-corrected chi connectivity index (χ1v) is 10.8. The maximum atomic E-state index is 12.2. The van der Waals surface area contributed by atoms with E-state index in [1.807, 2.05) is 6.08 Å². The molecule has 1 aliphatic heterocycles. The van der Waals surface area contributed by atoms with E-state index in [0.29, 0.717) is 25.6 Å². The Morgan fingerprint density at radius 1 is 1.00 bits per heavy atom. The Bertz CT molecular complexity index is 480. The first kappa shape index (κ1) is 23.4. The predicted molar refractivity (Wildman–Crippen MR) is 104 cm³/mol. The summed E-state index contributed by atoms with van der Waals surface area (Å²) in [6.45, 7) is 2.38. The maximum absolute atomic E-state index is 12.2. The number of rotatable bonds is 12. The van der Waals surface area contributed by atoms with Gasteiger partial charge in [-0.3, -0.25) is 0 Å². The van der Waals surface area contributed by atoms with Gasteiger partial charge in [0.25, 0.3) is 0 Å². The Hall–Kier alpha value is -0.850. The molecule has 0 radical (unpaired) electrons. The van der Waals surface area contributed by atoms with Gasteiger partial charge in [-0.2, -0.15) is 13.2 Å². The molecule has 1 heterocycles. The Kier molecular flexibility index (Phi) is 10.6. The summed E-state index contributed by atoms with van der Waals surface area (Å²) in [6, 6.07) is 0. The molecule has 0 aromatic rings. The van der Waals surface area contributed by atoms with Crippen molar-refractivity contribution < 1.29 is 27.4 Å². The van der Waals surface area contributed by atoms with E-state index in [2.05, 4.69) is 6.92 Å². The number of hydrogen-bond donors (Lipinski definition) is 0. The highest BCUT2D eigenvalue weighted by molar-refractivity contribution is 5.27. The lowest BCUT2D eigenvalue weighted by atomic mass is 10.00. The lowest BCUT2D eigenvalue weighted by Gasteiger charge is -2.31. The zero-order valence-corrected chi connectivity index (χ0v) is 17.0.